The van der Waals surface area contributed by atoms with E-state index < -0.39 is 10.0 Å². The summed E-state index contributed by atoms with van der Waals surface area (Å²) in [5, 5.41) is 9.28. The maximum Gasteiger partial charge on any atom is 0.261 e. The Balaban J connectivity index is 2.36. The van der Waals surface area contributed by atoms with Crippen LogP contribution in [0.3, 0.4) is 0 Å². The van der Waals surface area contributed by atoms with Gasteiger partial charge in [0.25, 0.3) is 10.0 Å². The number of hydrogen-bond donors (Lipinski definition) is 1. The van der Waals surface area contributed by atoms with Gasteiger partial charge < -0.3 is 0 Å². The molecule has 0 spiro atoms. The molecule has 0 saturated heterocycles. The van der Waals surface area contributed by atoms with Crippen molar-refractivity contribution in [3.8, 4) is 6.07 Å². The second kappa shape index (κ2) is 6.06. The number of nitriles is 1. The molecular weight excluding hydrogens is 376 g/mol. The summed E-state index contributed by atoms with van der Waals surface area (Å²) in [5.74, 6) is 0. The standard InChI is InChI=1S/C14H10BrClN2O2S/c1-9-6-12(4-2-10(9)8-17)21(19,20)18-11-3-5-13(15)14(16)7-11/h2-7,18H,1H3. The highest BCUT2D eigenvalue weighted by Crippen LogP contribution is 2.27. The van der Waals surface area contributed by atoms with E-state index in [-0.39, 0.29) is 4.90 Å². The monoisotopic (exact) mass is 384 g/mol. The van der Waals surface area contributed by atoms with Crippen LogP contribution in [0.15, 0.2) is 45.8 Å². The van der Waals surface area contributed by atoms with Crippen molar-refractivity contribution in [1.29, 1.82) is 5.26 Å². The van der Waals surface area contributed by atoms with Crippen LogP contribution < -0.4 is 4.72 Å². The van der Waals surface area contributed by atoms with Crippen molar-refractivity contribution in [1.82, 2.24) is 0 Å². The summed E-state index contributed by atoms with van der Waals surface area (Å²) in [6, 6.07) is 11.1. The Morgan fingerprint density at radius 1 is 1.24 bits per heavy atom. The second-order valence-electron chi connectivity index (χ2n) is 4.32. The van der Waals surface area contributed by atoms with Gasteiger partial charge in [0.05, 0.1) is 27.2 Å². The highest BCUT2D eigenvalue weighted by molar-refractivity contribution is 9.10. The van der Waals surface area contributed by atoms with Gasteiger partial charge in [-0.05, 0) is 64.8 Å². The fourth-order valence-electron chi connectivity index (χ4n) is 1.70. The van der Waals surface area contributed by atoms with Crippen LogP contribution in [-0.2, 0) is 10.0 Å². The minimum atomic E-state index is -3.72. The SMILES string of the molecule is Cc1cc(S(=O)(=O)Nc2ccc(Br)c(Cl)c2)ccc1C#N. The number of rotatable bonds is 3. The first-order valence-electron chi connectivity index (χ1n) is 5.82. The van der Waals surface area contributed by atoms with Crippen LogP contribution >= 0.6 is 27.5 Å². The molecule has 2 aromatic carbocycles. The third kappa shape index (κ3) is 3.56. The molecule has 7 heteroatoms. The topological polar surface area (TPSA) is 70.0 Å². The minimum absolute atomic E-state index is 0.0954. The number of nitrogens with one attached hydrogen (secondary N) is 1. The zero-order chi connectivity index (χ0) is 15.6. The Hall–Kier alpha value is -1.55. The zero-order valence-corrected chi connectivity index (χ0v) is 14.1. The van der Waals surface area contributed by atoms with E-state index in [0.29, 0.717) is 26.3 Å². The number of halogens is 2. The molecule has 0 fully saturated rings. The number of anilines is 1. The fraction of sp³-hybridized carbons (Fsp3) is 0.0714. The van der Waals surface area contributed by atoms with E-state index in [0.717, 1.165) is 0 Å². The molecule has 0 unspecified atom stereocenters. The van der Waals surface area contributed by atoms with Crippen molar-refractivity contribution in [2.45, 2.75) is 11.8 Å². The van der Waals surface area contributed by atoms with E-state index in [1.807, 2.05) is 6.07 Å². The van der Waals surface area contributed by atoms with Crippen LogP contribution in [0.25, 0.3) is 0 Å². The molecule has 2 aromatic rings. The van der Waals surface area contributed by atoms with E-state index in [9.17, 15) is 8.42 Å². The van der Waals surface area contributed by atoms with Crippen LogP contribution in [0.2, 0.25) is 5.02 Å². The van der Waals surface area contributed by atoms with Crippen LogP contribution in [0.5, 0.6) is 0 Å². The Morgan fingerprint density at radius 2 is 1.95 bits per heavy atom. The van der Waals surface area contributed by atoms with Gasteiger partial charge in [-0.2, -0.15) is 5.26 Å². The molecule has 0 radical (unpaired) electrons. The van der Waals surface area contributed by atoms with Gasteiger partial charge in [0.15, 0.2) is 0 Å². The molecule has 0 aliphatic heterocycles. The highest BCUT2D eigenvalue weighted by atomic mass is 79.9. The molecule has 21 heavy (non-hydrogen) atoms. The lowest BCUT2D eigenvalue weighted by Gasteiger charge is -2.10. The van der Waals surface area contributed by atoms with Crippen molar-refractivity contribution in [3.63, 3.8) is 0 Å². The lowest BCUT2D eigenvalue weighted by atomic mass is 10.1. The molecule has 0 aromatic heterocycles. The lowest BCUT2D eigenvalue weighted by Crippen LogP contribution is -2.13. The molecule has 0 amide bonds. The summed E-state index contributed by atoms with van der Waals surface area (Å²) in [7, 11) is -3.72. The van der Waals surface area contributed by atoms with Gasteiger partial charge in [0, 0.05) is 4.47 Å². The first-order valence-corrected chi connectivity index (χ1v) is 8.47. The van der Waals surface area contributed by atoms with E-state index >= 15 is 0 Å². The molecule has 4 nitrogen and oxygen atoms in total. The van der Waals surface area contributed by atoms with E-state index in [4.69, 9.17) is 16.9 Å². The summed E-state index contributed by atoms with van der Waals surface area (Å²) in [4.78, 5) is 0.0954. The Bertz CT molecular complexity index is 845. The van der Waals surface area contributed by atoms with Gasteiger partial charge in [-0.25, -0.2) is 8.42 Å². The summed E-state index contributed by atoms with van der Waals surface area (Å²) in [6.07, 6.45) is 0. The molecular formula is C14H10BrClN2O2S. The lowest BCUT2D eigenvalue weighted by molar-refractivity contribution is 0.601. The van der Waals surface area contributed by atoms with Crippen LogP contribution in [0.4, 0.5) is 5.69 Å². The van der Waals surface area contributed by atoms with Gasteiger partial charge in [-0.3, -0.25) is 4.72 Å². The van der Waals surface area contributed by atoms with E-state index in [1.54, 1.807) is 19.1 Å². The molecule has 0 aliphatic carbocycles. The quantitative estimate of drug-likeness (QED) is 0.865. The molecule has 1 N–H and O–H groups in total. The summed E-state index contributed by atoms with van der Waals surface area (Å²) in [6.45, 7) is 1.69. The van der Waals surface area contributed by atoms with Gasteiger partial charge in [-0.1, -0.05) is 11.6 Å². The van der Waals surface area contributed by atoms with Crippen molar-refractivity contribution < 1.29 is 8.42 Å². The second-order valence-corrected chi connectivity index (χ2v) is 7.27. The minimum Gasteiger partial charge on any atom is -0.280 e. The maximum absolute atomic E-state index is 12.3. The predicted octanol–water partition coefficient (Wildman–Crippen LogP) is 4.08. The molecule has 0 heterocycles. The van der Waals surface area contributed by atoms with Crippen LogP contribution in [0.1, 0.15) is 11.1 Å². The number of benzene rings is 2. The Morgan fingerprint density at radius 3 is 2.52 bits per heavy atom. The summed E-state index contributed by atoms with van der Waals surface area (Å²) >= 11 is 9.18. The summed E-state index contributed by atoms with van der Waals surface area (Å²) in [5.41, 5.74) is 1.42. The van der Waals surface area contributed by atoms with Crippen LogP contribution in [0, 0.1) is 18.3 Å². The third-order valence-corrected chi connectivity index (χ3v) is 5.41. The third-order valence-electron chi connectivity index (χ3n) is 2.80. The predicted molar refractivity (Wildman–Crippen MR) is 85.9 cm³/mol. The average Bonchev–Trinajstić information content (AvgIpc) is 2.42. The first-order chi connectivity index (χ1) is 9.83. The molecule has 0 atom stereocenters. The molecule has 0 bridgehead atoms. The number of hydrogen-bond acceptors (Lipinski definition) is 3. The van der Waals surface area contributed by atoms with Crippen LogP contribution in [-0.4, -0.2) is 8.42 Å². The largest absolute Gasteiger partial charge is 0.280 e. The fourth-order valence-corrected chi connectivity index (χ4v) is 3.26. The highest BCUT2D eigenvalue weighted by Gasteiger charge is 2.15. The van der Waals surface area contributed by atoms with Crippen molar-refractivity contribution >= 4 is 43.2 Å². The van der Waals surface area contributed by atoms with E-state index in [2.05, 4.69) is 20.7 Å². The average molecular weight is 386 g/mol. The van der Waals surface area contributed by atoms with Crippen molar-refractivity contribution in [2.24, 2.45) is 0 Å². The van der Waals surface area contributed by atoms with E-state index in [1.165, 1.54) is 24.3 Å². The molecule has 2 rings (SSSR count). The molecule has 0 saturated carbocycles. The maximum atomic E-state index is 12.3. The number of aryl methyl sites for hydroxylation is 1. The van der Waals surface area contributed by atoms with Gasteiger partial charge in [-0.15, -0.1) is 0 Å². The molecule has 108 valence electrons. The number of sulfonamides is 1. The van der Waals surface area contributed by atoms with Gasteiger partial charge >= 0.3 is 0 Å². The first kappa shape index (κ1) is 15.8. The molecule has 0 aliphatic rings. The van der Waals surface area contributed by atoms with Gasteiger partial charge in [0.1, 0.15) is 0 Å². The number of nitrogens with zero attached hydrogens (tertiary/aromatic N) is 1. The Kier molecular flexibility index (Phi) is 4.57. The Labute approximate surface area is 136 Å². The normalized spacial score (nSPS) is 11.0. The van der Waals surface area contributed by atoms with Gasteiger partial charge in [0.2, 0.25) is 0 Å². The zero-order valence-electron chi connectivity index (χ0n) is 10.9. The summed E-state index contributed by atoms with van der Waals surface area (Å²) < 4.78 is 27.7. The van der Waals surface area contributed by atoms with Crippen molar-refractivity contribution in [3.05, 3.63) is 57.0 Å². The van der Waals surface area contributed by atoms with Crippen molar-refractivity contribution in [2.75, 3.05) is 4.72 Å². The smallest absolute Gasteiger partial charge is 0.261 e.